The molecule has 7 aromatic rings. The van der Waals surface area contributed by atoms with Crippen LogP contribution in [0.4, 0.5) is 11.5 Å². The van der Waals surface area contributed by atoms with Crippen molar-refractivity contribution >= 4 is 79.3 Å². The Morgan fingerprint density at radius 3 is 2.48 bits per heavy atom. The Morgan fingerprint density at radius 2 is 1.71 bits per heavy atom. The van der Waals surface area contributed by atoms with E-state index in [1.165, 1.54) is 23.0 Å². The molecule has 0 spiro atoms. The lowest BCUT2D eigenvalue weighted by Crippen LogP contribution is -2.49. The van der Waals surface area contributed by atoms with Gasteiger partial charge in [0.15, 0.2) is 5.58 Å². The molecule has 11 rings (SSSR count). The highest BCUT2D eigenvalue weighted by atomic mass is 35.5. The number of hydrogen-bond acceptors (Lipinski definition) is 10. The molecule has 310 valence electrons. The van der Waals surface area contributed by atoms with Gasteiger partial charge in [0.05, 0.1) is 40.8 Å². The molecule has 6 atom stereocenters. The van der Waals surface area contributed by atoms with Gasteiger partial charge in [0.1, 0.15) is 28.5 Å². The van der Waals surface area contributed by atoms with Gasteiger partial charge in [-0.3, -0.25) is 28.8 Å². The Labute approximate surface area is 364 Å². The maximum atomic E-state index is 15.3. The van der Waals surface area contributed by atoms with Crippen LogP contribution in [-0.4, -0.2) is 50.6 Å². The predicted molar refractivity (Wildman–Crippen MR) is 235 cm³/mol. The van der Waals surface area contributed by atoms with Crippen molar-refractivity contribution < 1.29 is 33.4 Å². The van der Waals surface area contributed by atoms with Crippen LogP contribution >= 0.6 is 22.9 Å². The summed E-state index contributed by atoms with van der Waals surface area (Å²) < 4.78 is 14.4. The van der Waals surface area contributed by atoms with Gasteiger partial charge in [0.2, 0.25) is 29.5 Å². The summed E-state index contributed by atoms with van der Waals surface area (Å²) in [7, 11) is 3.20. The van der Waals surface area contributed by atoms with E-state index in [4.69, 9.17) is 25.9 Å². The average molecular weight is 864 g/mol. The Bertz CT molecular complexity index is 3100. The molecule has 3 aromatic heterocycles. The van der Waals surface area contributed by atoms with Gasteiger partial charge in [-0.05, 0) is 110 Å². The highest BCUT2D eigenvalue weighted by Gasteiger charge is 2.68. The number of fused-ring (bicyclic) bond motifs is 6. The molecule has 0 bridgehead atoms. The number of aromatic nitrogens is 3. The lowest BCUT2D eigenvalue weighted by molar-refractivity contribution is -0.131. The van der Waals surface area contributed by atoms with Crippen LogP contribution in [0.3, 0.4) is 0 Å². The summed E-state index contributed by atoms with van der Waals surface area (Å²) in [5.41, 5.74) is 3.73. The lowest BCUT2D eigenvalue weighted by Gasteiger charge is -2.49. The normalized spacial score (nSPS) is 24.5. The highest BCUT2D eigenvalue weighted by molar-refractivity contribution is 7.22. The maximum absolute atomic E-state index is 15.3. The summed E-state index contributed by atoms with van der Waals surface area (Å²) >= 11 is 7.90. The predicted octanol–water partition coefficient (Wildman–Crippen LogP) is 9.22. The van der Waals surface area contributed by atoms with Crippen LogP contribution in [0.5, 0.6) is 11.5 Å². The number of nitrogens with zero attached hydrogens (tertiary/aromatic N) is 5. The molecule has 2 aliphatic heterocycles. The van der Waals surface area contributed by atoms with E-state index in [2.05, 4.69) is 4.98 Å². The number of halogens is 1. The molecule has 62 heavy (non-hydrogen) atoms. The molecule has 3 fully saturated rings. The zero-order valence-corrected chi connectivity index (χ0v) is 35.5. The van der Waals surface area contributed by atoms with E-state index in [0.717, 1.165) is 31.6 Å². The number of benzene rings is 4. The van der Waals surface area contributed by atoms with Crippen molar-refractivity contribution in [3.63, 3.8) is 0 Å². The van der Waals surface area contributed by atoms with E-state index in [-0.39, 0.29) is 30.4 Å². The van der Waals surface area contributed by atoms with Crippen LogP contribution in [0.25, 0.3) is 43.2 Å². The minimum absolute atomic E-state index is 0.102. The summed E-state index contributed by atoms with van der Waals surface area (Å²) in [6.45, 7) is 3.78. The molecule has 4 amide bonds. The summed E-state index contributed by atoms with van der Waals surface area (Å²) in [5, 5.41) is 18.1. The Hall–Kier alpha value is -6.57. The van der Waals surface area contributed by atoms with Gasteiger partial charge in [-0.1, -0.05) is 41.4 Å². The molecule has 0 radical (unpaired) electrons. The van der Waals surface area contributed by atoms with Crippen LogP contribution in [0.15, 0.2) is 107 Å². The minimum atomic E-state index is -1.42. The molecule has 4 aliphatic rings. The molecule has 4 aromatic carbocycles. The number of imide groups is 2. The van der Waals surface area contributed by atoms with Gasteiger partial charge < -0.3 is 14.3 Å². The number of methoxy groups -OCH3 is 1. The van der Waals surface area contributed by atoms with Crippen molar-refractivity contribution in [1.82, 2.24) is 14.8 Å². The third-order valence-electron chi connectivity index (χ3n) is 13.7. The lowest BCUT2D eigenvalue weighted by atomic mass is 9.51. The zero-order valence-electron chi connectivity index (χ0n) is 34.0. The van der Waals surface area contributed by atoms with Crippen molar-refractivity contribution in [3.8, 4) is 33.5 Å². The van der Waals surface area contributed by atoms with E-state index in [1.54, 1.807) is 72.5 Å². The number of anilines is 2. The summed E-state index contributed by atoms with van der Waals surface area (Å²) in [6, 6.07) is 26.8. The van der Waals surface area contributed by atoms with E-state index in [0.29, 0.717) is 50.6 Å². The fourth-order valence-corrected chi connectivity index (χ4v) is 12.1. The molecular weight excluding hydrogens is 826 g/mol. The van der Waals surface area contributed by atoms with Gasteiger partial charge in [0.25, 0.3) is 0 Å². The number of phenolic OH excluding ortho intramolecular Hbond substituents is 1. The molecule has 14 heteroatoms. The monoisotopic (exact) mass is 863 g/mol. The molecule has 1 N–H and O–H groups in total. The largest absolute Gasteiger partial charge is 0.508 e. The molecule has 2 saturated heterocycles. The minimum Gasteiger partial charge on any atom is -0.508 e. The van der Waals surface area contributed by atoms with Crippen molar-refractivity contribution in [2.75, 3.05) is 16.9 Å². The standard InChI is InChI=1S/C48H38ClN5O7S/c1-23-29-20-25(49)14-19-37(29)62-42(23)33-22-38(52(3)51-33)54-45(57)31-21-30-27(41(48(31,2)47(54)59)40-34(55)9-7-11-36(40)60-4)17-18-28-39(30)46(58)53(44(28)56)26-15-12-24(13-16-26)43-50-32-8-5-6-10-35(32)61-43/h5-17,19-20,22,28,30-31,39,41,55H,18,21H2,1-4H3. The van der Waals surface area contributed by atoms with Gasteiger partial charge in [0, 0.05) is 39.9 Å². The number of para-hydroxylation sites is 2. The van der Waals surface area contributed by atoms with Gasteiger partial charge in [-0.25, -0.2) is 9.88 Å². The topological polar surface area (TPSA) is 148 Å². The second-order valence-electron chi connectivity index (χ2n) is 16.8. The summed E-state index contributed by atoms with van der Waals surface area (Å²) in [5.74, 6) is -4.53. The maximum Gasteiger partial charge on any atom is 0.242 e. The quantitative estimate of drug-likeness (QED) is 0.128. The first-order valence-electron chi connectivity index (χ1n) is 20.4. The van der Waals surface area contributed by atoms with Crippen LogP contribution in [0, 0.1) is 36.0 Å². The van der Waals surface area contributed by atoms with Crippen molar-refractivity contribution in [1.29, 1.82) is 0 Å². The van der Waals surface area contributed by atoms with Gasteiger partial charge in [-0.2, -0.15) is 5.10 Å². The van der Waals surface area contributed by atoms with Crippen molar-refractivity contribution in [2.45, 2.75) is 32.6 Å². The van der Waals surface area contributed by atoms with E-state index in [9.17, 15) is 14.7 Å². The first-order valence-corrected chi connectivity index (χ1v) is 21.6. The number of oxazole rings is 1. The SMILES string of the molecule is COc1cccc(O)c1C1C2=CCC3C(=O)N(c4ccc(-c5nc6ccccc6o5)cc4)C(=O)C3C2CC2C(=O)N(c3cc(-c4sc5ccc(Cl)cc5c4C)nn3C)C(=O)C21C. The summed E-state index contributed by atoms with van der Waals surface area (Å²) in [6.07, 6.45) is 2.33. The van der Waals surface area contributed by atoms with E-state index < -0.39 is 46.8 Å². The van der Waals surface area contributed by atoms with Gasteiger partial charge >= 0.3 is 0 Å². The zero-order chi connectivity index (χ0) is 42.9. The van der Waals surface area contributed by atoms with Crippen LogP contribution in [-0.2, 0) is 26.2 Å². The molecule has 5 heterocycles. The Morgan fingerprint density at radius 1 is 0.919 bits per heavy atom. The van der Waals surface area contributed by atoms with Crippen LogP contribution in [0.2, 0.25) is 5.02 Å². The van der Waals surface area contributed by atoms with Gasteiger partial charge in [-0.15, -0.1) is 11.3 Å². The summed E-state index contributed by atoms with van der Waals surface area (Å²) in [4.78, 5) is 67.5. The van der Waals surface area contributed by atoms with Crippen molar-refractivity contribution in [3.05, 3.63) is 119 Å². The number of ether oxygens (including phenoxy) is 1. The second kappa shape index (κ2) is 13.7. The number of amides is 4. The fraction of sp³-hybridized carbons (Fsp3) is 0.250. The van der Waals surface area contributed by atoms with Crippen LogP contribution in [0.1, 0.15) is 36.8 Å². The first-order chi connectivity index (χ1) is 29.9. The highest BCUT2D eigenvalue weighted by Crippen LogP contribution is 2.65. The van der Waals surface area contributed by atoms with Crippen molar-refractivity contribution in [2.24, 2.45) is 36.1 Å². The number of aromatic hydroxyl groups is 1. The number of thiophene rings is 1. The number of rotatable bonds is 6. The number of carbonyl (C=O) groups is 4. The molecular formula is C48H38ClN5O7S. The third kappa shape index (κ3) is 5.30. The number of hydrogen-bond donors (Lipinski definition) is 1. The second-order valence-corrected chi connectivity index (χ2v) is 18.3. The first kappa shape index (κ1) is 38.4. The average Bonchev–Trinajstić information content (AvgIpc) is 4.05. The molecule has 12 nitrogen and oxygen atoms in total. The molecule has 6 unspecified atom stereocenters. The number of phenols is 1. The number of aryl methyl sites for hydroxylation is 2. The van der Waals surface area contributed by atoms with E-state index in [1.807, 2.05) is 55.5 Å². The van der Waals surface area contributed by atoms with Crippen LogP contribution < -0.4 is 14.5 Å². The fourth-order valence-electron chi connectivity index (χ4n) is 10.8. The molecule has 1 saturated carbocycles. The number of allylic oxidation sites excluding steroid dienone is 2. The Kier molecular flexibility index (Phi) is 8.49. The van der Waals surface area contributed by atoms with E-state index >= 15 is 9.59 Å². The third-order valence-corrected chi connectivity index (χ3v) is 15.2. The Balaban J connectivity index is 0.982. The molecule has 2 aliphatic carbocycles. The smallest absolute Gasteiger partial charge is 0.242 e. The number of carbonyl (C=O) groups excluding carboxylic acids is 4.